The van der Waals surface area contributed by atoms with Crippen molar-refractivity contribution in [3.05, 3.63) is 30.7 Å². The van der Waals surface area contributed by atoms with Crippen LogP contribution >= 0.6 is 0 Å². The summed E-state index contributed by atoms with van der Waals surface area (Å²) in [6.07, 6.45) is 2.21. The lowest BCUT2D eigenvalue weighted by Gasteiger charge is -2.36. The second kappa shape index (κ2) is 7.44. The van der Waals surface area contributed by atoms with Gasteiger partial charge in [-0.2, -0.15) is 0 Å². The summed E-state index contributed by atoms with van der Waals surface area (Å²) < 4.78 is 10.7. The standard InChI is InChI=1S/C17H22N4O3/c1-12(2)8-15-10-23-7-6-21(15)17(22)19-14-5-3-4-13(9-14)16-20-18-11-24-16/h3-5,9,11-12,15H,6-8,10H2,1-2H3,(H,19,22). The maximum Gasteiger partial charge on any atom is 0.322 e. The maximum atomic E-state index is 12.7. The first kappa shape index (κ1) is 16.4. The van der Waals surface area contributed by atoms with Crippen molar-refractivity contribution < 1.29 is 13.9 Å². The second-order valence-electron chi connectivity index (χ2n) is 6.31. The molecule has 0 bridgehead atoms. The highest BCUT2D eigenvalue weighted by Gasteiger charge is 2.27. The molecule has 7 heteroatoms. The number of carbonyl (C=O) groups excluding carboxylic acids is 1. The molecule has 1 aromatic carbocycles. The van der Waals surface area contributed by atoms with E-state index in [2.05, 4.69) is 29.4 Å². The maximum absolute atomic E-state index is 12.7. The largest absolute Gasteiger partial charge is 0.423 e. The number of benzene rings is 1. The van der Waals surface area contributed by atoms with E-state index in [4.69, 9.17) is 9.15 Å². The molecule has 2 amide bonds. The van der Waals surface area contributed by atoms with Gasteiger partial charge in [-0.1, -0.05) is 19.9 Å². The Morgan fingerprint density at radius 1 is 1.46 bits per heavy atom. The number of amides is 2. The van der Waals surface area contributed by atoms with Crippen LogP contribution < -0.4 is 5.32 Å². The molecule has 0 aliphatic carbocycles. The quantitative estimate of drug-likeness (QED) is 0.932. The number of urea groups is 1. The van der Waals surface area contributed by atoms with Gasteiger partial charge in [0.25, 0.3) is 0 Å². The van der Waals surface area contributed by atoms with Crippen molar-refractivity contribution in [1.29, 1.82) is 0 Å². The molecule has 1 fully saturated rings. The van der Waals surface area contributed by atoms with Gasteiger partial charge in [0.05, 0.1) is 19.3 Å². The van der Waals surface area contributed by atoms with Gasteiger partial charge >= 0.3 is 6.03 Å². The van der Waals surface area contributed by atoms with Crippen LogP contribution in [0.5, 0.6) is 0 Å². The van der Waals surface area contributed by atoms with Crippen molar-refractivity contribution in [2.75, 3.05) is 25.1 Å². The number of nitrogens with zero attached hydrogens (tertiary/aromatic N) is 3. The third-order valence-electron chi connectivity index (χ3n) is 3.95. The molecule has 0 radical (unpaired) electrons. The highest BCUT2D eigenvalue weighted by molar-refractivity contribution is 5.90. The van der Waals surface area contributed by atoms with Gasteiger partial charge in [-0.25, -0.2) is 4.79 Å². The van der Waals surface area contributed by atoms with Crippen molar-refractivity contribution in [1.82, 2.24) is 15.1 Å². The first-order chi connectivity index (χ1) is 11.6. The van der Waals surface area contributed by atoms with E-state index >= 15 is 0 Å². The van der Waals surface area contributed by atoms with Crippen LogP contribution in [-0.4, -0.2) is 46.9 Å². The lowest BCUT2D eigenvalue weighted by Crippen LogP contribution is -2.50. The van der Waals surface area contributed by atoms with Crippen LogP contribution in [-0.2, 0) is 4.74 Å². The molecule has 7 nitrogen and oxygen atoms in total. The Balaban J connectivity index is 1.70. The van der Waals surface area contributed by atoms with Crippen molar-refractivity contribution >= 4 is 11.7 Å². The van der Waals surface area contributed by atoms with Crippen LogP contribution in [0, 0.1) is 5.92 Å². The fourth-order valence-corrected chi connectivity index (χ4v) is 2.89. The van der Waals surface area contributed by atoms with Crippen molar-refractivity contribution in [2.24, 2.45) is 5.92 Å². The van der Waals surface area contributed by atoms with Gasteiger partial charge in [0.1, 0.15) is 0 Å². The molecule has 1 N–H and O–H groups in total. The summed E-state index contributed by atoms with van der Waals surface area (Å²) in [5.41, 5.74) is 1.47. The molecule has 1 unspecified atom stereocenters. The molecule has 24 heavy (non-hydrogen) atoms. The smallest absolute Gasteiger partial charge is 0.322 e. The van der Waals surface area contributed by atoms with E-state index < -0.39 is 0 Å². The van der Waals surface area contributed by atoms with E-state index in [0.717, 1.165) is 12.0 Å². The van der Waals surface area contributed by atoms with Gasteiger partial charge in [-0.05, 0) is 30.5 Å². The summed E-state index contributed by atoms with van der Waals surface area (Å²) in [6, 6.07) is 7.38. The number of hydrogen-bond donors (Lipinski definition) is 1. The molecule has 2 heterocycles. The highest BCUT2D eigenvalue weighted by atomic mass is 16.5. The molecular weight excluding hydrogens is 308 g/mol. The Labute approximate surface area is 141 Å². The van der Waals surface area contributed by atoms with E-state index in [1.165, 1.54) is 6.39 Å². The van der Waals surface area contributed by atoms with Crippen LogP contribution in [0.2, 0.25) is 0 Å². The Bertz CT molecular complexity index is 672. The number of morpholine rings is 1. The van der Waals surface area contributed by atoms with Gasteiger partial charge < -0.3 is 19.4 Å². The number of nitrogens with one attached hydrogen (secondary N) is 1. The normalized spacial score (nSPS) is 18.0. The van der Waals surface area contributed by atoms with Gasteiger partial charge in [0.2, 0.25) is 12.3 Å². The minimum atomic E-state index is -0.105. The zero-order valence-electron chi connectivity index (χ0n) is 13.9. The molecule has 1 aliphatic rings. The zero-order chi connectivity index (χ0) is 16.9. The third-order valence-corrected chi connectivity index (χ3v) is 3.95. The molecule has 128 valence electrons. The second-order valence-corrected chi connectivity index (χ2v) is 6.31. The number of carbonyl (C=O) groups is 1. The van der Waals surface area contributed by atoms with Crippen molar-refractivity contribution in [3.8, 4) is 11.5 Å². The van der Waals surface area contributed by atoms with Crippen LogP contribution in [0.4, 0.5) is 10.5 Å². The molecule has 3 rings (SSSR count). The fraction of sp³-hybridized carbons (Fsp3) is 0.471. The summed E-state index contributed by atoms with van der Waals surface area (Å²) in [4.78, 5) is 14.5. The number of ether oxygens (including phenoxy) is 1. The number of aromatic nitrogens is 2. The first-order valence-electron chi connectivity index (χ1n) is 8.15. The number of anilines is 1. The van der Waals surface area contributed by atoms with Crippen LogP contribution in [0.15, 0.2) is 35.1 Å². The van der Waals surface area contributed by atoms with E-state index in [0.29, 0.717) is 37.3 Å². The van der Waals surface area contributed by atoms with E-state index in [1.807, 2.05) is 29.2 Å². The molecule has 1 atom stereocenters. The Kier molecular flexibility index (Phi) is 5.10. The summed E-state index contributed by atoms with van der Waals surface area (Å²) >= 11 is 0. The molecule has 1 saturated heterocycles. The minimum Gasteiger partial charge on any atom is -0.423 e. The number of rotatable bonds is 4. The Hall–Kier alpha value is -2.41. The van der Waals surface area contributed by atoms with Crippen molar-refractivity contribution in [3.63, 3.8) is 0 Å². The van der Waals surface area contributed by atoms with Gasteiger partial charge in [-0.15, -0.1) is 10.2 Å². The number of hydrogen-bond acceptors (Lipinski definition) is 5. The van der Waals surface area contributed by atoms with Gasteiger partial charge in [0.15, 0.2) is 0 Å². The predicted octanol–water partition coefficient (Wildman–Crippen LogP) is 3.02. The first-order valence-corrected chi connectivity index (χ1v) is 8.15. The molecule has 0 spiro atoms. The zero-order valence-corrected chi connectivity index (χ0v) is 13.9. The highest BCUT2D eigenvalue weighted by Crippen LogP contribution is 2.22. The molecule has 1 aliphatic heterocycles. The molecule has 0 saturated carbocycles. The summed E-state index contributed by atoms with van der Waals surface area (Å²) in [5, 5.41) is 10.5. The summed E-state index contributed by atoms with van der Waals surface area (Å²) in [5.74, 6) is 0.933. The van der Waals surface area contributed by atoms with Crippen LogP contribution in [0.1, 0.15) is 20.3 Å². The van der Waals surface area contributed by atoms with Gasteiger partial charge in [-0.3, -0.25) is 0 Å². The lowest BCUT2D eigenvalue weighted by atomic mass is 10.0. The van der Waals surface area contributed by atoms with Crippen LogP contribution in [0.25, 0.3) is 11.5 Å². The monoisotopic (exact) mass is 330 g/mol. The van der Waals surface area contributed by atoms with Gasteiger partial charge in [0, 0.05) is 17.8 Å². The minimum absolute atomic E-state index is 0.105. The molecule has 1 aromatic heterocycles. The van der Waals surface area contributed by atoms with Crippen LogP contribution in [0.3, 0.4) is 0 Å². The Morgan fingerprint density at radius 2 is 2.33 bits per heavy atom. The fourth-order valence-electron chi connectivity index (χ4n) is 2.89. The SMILES string of the molecule is CC(C)CC1COCCN1C(=O)Nc1cccc(-c2nnco2)c1. The van der Waals surface area contributed by atoms with Crippen molar-refractivity contribution in [2.45, 2.75) is 26.3 Å². The molecule has 2 aromatic rings. The summed E-state index contributed by atoms with van der Waals surface area (Å²) in [6.45, 7) is 6.07. The van der Waals surface area contributed by atoms with E-state index in [-0.39, 0.29) is 12.1 Å². The van der Waals surface area contributed by atoms with E-state index in [1.54, 1.807) is 0 Å². The average Bonchev–Trinajstić information content (AvgIpc) is 3.09. The summed E-state index contributed by atoms with van der Waals surface area (Å²) in [7, 11) is 0. The Morgan fingerprint density at radius 3 is 3.08 bits per heavy atom. The lowest BCUT2D eigenvalue weighted by molar-refractivity contribution is 0.00857. The topological polar surface area (TPSA) is 80.5 Å². The predicted molar refractivity (Wildman–Crippen MR) is 89.5 cm³/mol. The van der Waals surface area contributed by atoms with E-state index in [9.17, 15) is 4.79 Å². The molecular formula is C17H22N4O3. The average molecular weight is 330 g/mol. The third kappa shape index (κ3) is 3.91.